The van der Waals surface area contributed by atoms with Crippen molar-refractivity contribution in [1.82, 2.24) is 5.01 Å². The molecule has 2 amide bonds. The fourth-order valence-corrected chi connectivity index (χ4v) is 5.85. The molecule has 11 nitrogen and oxygen atoms in total. The monoisotopic (exact) mass is 652 g/mol. The van der Waals surface area contributed by atoms with Crippen molar-refractivity contribution >= 4 is 51.2 Å². The summed E-state index contributed by atoms with van der Waals surface area (Å²) < 4.78 is 44.2. The third-order valence-corrected chi connectivity index (χ3v) is 8.76. The quantitative estimate of drug-likeness (QED) is 0.192. The Morgan fingerprint density at radius 1 is 0.723 bits per heavy atom. The molecule has 0 radical (unpaired) electrons. The molecule has 47 heavy (non-hydrogen) atoms. The molecule has 1 aliphatic carbocycles. The summed E-state index contributed by atoms with van der Waals surface area (Å²) in [5.41, 5.74) is 4.27. The molecular formula is C35H32N4O7S. The standard InChI is InChI=1S/C35H32N4O7S/c1-22-32(34(40)38(3)36-22)20-24-4-10-27(11-5-24)45-29-14-16-30(17-15-29)46-28-12-6-25(7-13-28)21-33-23(2)37-39(35(33)41)26-8-18-31(19-9-26)47(42,43)44/h4-14,16,18-21,29-30H,15,17H2,1-3H3,(H,42,43,44)/b32-20-,33-21+. The van der Waals surface area contributed by atoms with Crippen LogP contribution in [-0.4, -0.2) is 60.5 Å². The van der Waals surface area contributed by atoms with Crippen molar-refractivity contribution in [3.8, 4) is 11.5 Å². The van der Waals surface area contributed by atoms with Crippen molar-refractivity contribution in [3.63, 3.8) is 0 Å². The summed E-state index contributed by atoms with van der Waals surface area (Å²) in [4.78, 5) is 25.1. The molecule has 3 aromatic rings. The van der Waals surface area contributed by atoms with Crippen LogP contribution in [0.3, 0.4) is 0 Å². The Morgan fingerprint density at radius 2 is 1.19 bits per heavy atom. The molecule has 12 heteroatoms. The van der Waals surface area contributed by atoms with Crippen LogP contribution in [0.5, 0.6) is 11.5 Å². The van der Waals surface area contributed by atoms with E-state index in [4.69, 9.17) is 9.47 Å². The first-order chi connectivity index (χ1) is 22.4. The number of hydrogen-bond acceptors (Lipinski definition) is 8. The average molecular weight is 653 g/mol. The molecular weight excluding hydrogens is 620 g/mol. The van der Waals surface area contributed by atoms with E-state index in [1.54, 1.807) is 20.0 Å². The highest BCUT2D eigenvalue weighted by Crippen LogP contribution is 2.28. The van der Waals surface area contributed by atoms with E-state index in [-0.39, 0.29) is 28.9 Å². The van der Waals surface area contributed by atoms with Crippen molar-refractivity contribution < 1.29 is 32.0 Å². The van der Waals surface area contributed by atoms with Crippen molar-refractivity contribution in [2.45, 2.75) is 43.8 Å². The van der Waals surface area contributed by atoms with Crippen LogP contribution in [0.15, 0.2) is 111 Å². The Morgan fingerprint density at radius 3 is 1.62 bits per heavy atom. The van der Waals surface area contributed by atoms with Gasteiger partial charge in [0.15, 0.2) is 0 Å². The number of carbonyl (C=O) groups excluding carboxylic acids is 2. The molecule has 2 atom stereocenters. The summed E-state index contributed by atoms with van der Waals surface area (Å²) in [6.45, 7) is 3.54. The number of hydrazone groups is 2. The van der Waals surface area contributed by atoms with Crippen molar-refractivity contribution in [1.29, 1.82) is 0 Å². The molecule has 0 aromatic heterocycles. The topological polar surface area (TPSA) is 138 Å². The molecule has 3 aromatic carbocycles. The van der Waals surface area contributed by atoms with E-state index in [9.17, 15) is 22.6 Å². The molecule has 0 fully saturated rings. The molecule has 0 spiro atoms. The lowest BCUT2D eigenvalue weighted by atomic mass is 10.0. The van der Waals surface area contributed by atoms with E-state index >= 15 is 0 Å². The number of anilines is 1. The molecule has 6 rings (SSSR count). The van der Waals surface area contributed by atoms with Gasteiger partial charge in [-0.15, -0.1) is 0 Å². The number of nitrogens with zero attached hydrogens (tertiary/aromatic N) is 4. The van der Waals surface area contributed by atoms with Gasteiger partial charge in [0.2, 0.25) is 0 Å². The summed E-state index contributed by atoms with van der Waals surface area (Å²) in [5.74, 6) is 0.969. The van der Waals surface area contributed by atoms with Crippen LogP contribution in [0.4, 0.5) is 5.69 Å². The van der Waals surface area contributed by atoms with Gasteiger partial charge in [0, 0.05) is 7.05 Å². The highest BCUT2D eigenvalue weighted by Gasteiger charge is 2.29. The lowest BCUT2D eigenvalue weighted by Crippen LogP contribution is -2.25. The summed E-state index contributed by atoms with van der Waals surface area (Å²) in [6, 6.07) is 20.3. The van der Waals surface area contributed by atoms with Gasteiger partial charge in [-0.3, -0.25) is 14.1 Å². The molecule has 0 bridgehead atoms. The second kappa shape index (κ2) is 12.8. The van der Waals surface area contributed by atoms with Crippen LogP contribution in [0, 0.1) is 0 Å². The highest BCUT2D eigenvalue weighted by atomic mass is 32.2. The molecule has 1 N–H and O–H groups in total. The normalized spacial score (nSPS) is 21.4. The minimum Gasteiger partial charge on any atom is -0.486 e. The van der Waals surface area contributed by atoms with Gasteiger partial charge in [-0.1, -0.05) is 24.3 Å². The molecule has 0 saturated heterocycles. The summed E-state index contributed by atoms with van der Waals surface area (Å²) in [6.07, 6.45) is 8.95. The zero-order chi connectivity index (χ0) is 33.3. The van der Waals surface area contributed by atoms with Gasteiger partial charge in [0.25, 0.3) is 21.9 Å². The Balaban J connectivity index is 1.02. The first kappa shape index (κ1) is 31.6. The average Bonchev–Trinajstić information content (AvgIpc) is 3.47. The predicted molar refractivity (Wildman–Crippen MR) is 179 cm³/mol. The number of likely N-dealkylation sites (N-methyl/N-ethyl adjacent to an activating group) is 1. The smallest absolute Gasteiger partial charge is 0.294 e. The minimum absolute atomic E-state index is 0.0819. The minimum atomic E-state index is -4.34. The summed E-state index contributed by atoms with van der Waals surface area (Å²) in [5, 5.41) is 11.0. The highest BCUT2D eigenvalue weighted by molar-refractivity contribution is 7.85. The van der Waals surface area contributed by atoms with E-state index in [2.05, 4.69) is 10.2 Å². The number of ether oxygens (including phenoxy) is 2. The molecule has 2 unspecified atom stereocenters. The zero-order valence-electron chi connectivity index (χ0n) is 25.9. The van der Waals surface area contributed by atoms with E-state index < -0.39 is 10.1 Å². The van der Waals surface area contributed by atoms with Crippen molar-refractivity contribution in [2.75, 3.05) is 12.1 Å². The maximum absolute atomic E-state index is 13.1. The van der Waals surface area contributed by atoms with E-state index in [1.165, 1.54) is 34.3 Å². The summed E-state index contributed by atoms with van der Waals surface area (Å²) >= 11 is 0. The van der Waals surface area contributed by atoms with E-state index in [0.717, 1.165) is 29.7 Å². The Bertz CT molecular complexity index is 1980. The molecule has 2 heterocycles. The van der Waals surface area contributed by atoms with Gasteiger partial charge in [-0.05, 0) is 111 Å². The lowest BCUT2D eigenvalue weighted by molar-refractivity contribution is -0.124. The largest absolute Gasteiger partial charge is 0.486 e. The molecule has 240 valence electrons. The van der Waals surface area contributed by atoms with Crippen LogP contribution in [0.25, 0.3) is 12.2 Å². The van der Waals surface area contributed by atoms with Crippen LogP contribution in [-0.2, 0) is 19.7 Å². The van der Waals surface area contributed by atoms with Gasteiger partial charge < -0.3 is 9.47 Å². The number of benzene rings is 3. The van der Waals surface area contributed by atoms with Crippen molar-refractivity contribution in [3.05, 3.63) is 107 Å². The second-order valence-electron chi connectivity index (χ2n) is 11.3. The SMILES string of the molecule is CC1=NN(C)C(=O)/C1=C\c1ccc(OC2C=CC(Oc3ccc(/C=C4/C(=O)N(c5ccc(S(=O)(=O)O)cc5)N=C4C)cc3)CC2)cc1. The Hall–Kier alpha value is -5.33. The van der Waals surface area contributed by atoms with Gasteiger partial charge >= 0.3 is 0 Å². The van der Waals surface area contributed by atoms with Gasteiger partial charge in [-0.25, -0.2) is 5.01 Å². The fourth-order valence-electron chi connectivity index (χ4n) is 5.37. The lowest BCUT2D eigenvalue weighted by Gasteiger charge is -2.24. The van der Waals surface area contributed by atoms with Gasteiger partial charge in [0.1, 0.15) is 23.7 Å². The second-order valence-corrected chi connectivity index (χ2v) is 12.7. The summed E-state index contributed by atoms with van der Waals surface area (Å²) in [7, 11) is -2.70. The van der Waals surface area contributed by atoms with E-state index in [0.29, 0.717) is 34.0 Å². The number of rotatable bonds is 8. The number of amides is 2. The maximum Gasteiger partial charge on any atom is 0.294 e. The van der Waals surface area contributed by atoms with E-state index in [1.807, 2.05) is 73.7 Å². The first-order valence-electron chi connectivity index (χ1n) is 14.9. The third kappa shape index (κ3) is 7.08. The predicted octanol–water partition coefficient (Wildman–Crippen LogP) is 5.52. The third-order valence-electron chi connectivity index (χ3n) is 7.89. The number of hydrogen-bond donors (Lipinski definition) is 1. The number of carbonyl (C=O) groups is 2. The fraction of sp³-hybridized carbons (Fsp3) is 0.200. The van der Waals surface area contributed by atoms with Crippen LogP contribution in [0.1, 0.15) is 37.8 Å². The zero-order valence-corrected chi connectivity index (χ0v) is 26.7. The Labute approximate surface area is 272 Å². The van der Waals surface area contributed by atoms with Crippen molar-refractivity contribution in [2.24, 2.45) is 10.2 Å². The van der Waals surface area contributed by atoms with Crippen LogP contribution < -0.4 is 14.5 Å². The molecule has 0 saturated carbocycles. The maximum atomic E-state index is 13.1. The first-order valence-corrected chi connectivity index (χ1v) is 16.3. The Kier molecular flexibility index (Phi) is 8.63. The molecule has 2 aliphatic heterocycles. The molecule has 3 aliphatic rings. The van der Waals surface area contributed by atoms with Gasteiger partial charge in [-0.2, -0.15) is 23.6 Å². The van der Waals surface area contributed by atoms with Gasteiger partial charge in [0.05, 0.1) is 33.2 Å². The van der Waals surface area contributed by atoms with Crippen LogP contribution in [0.2, 0.25) is 0 Å². The van der Waals surface area contributed by atoms with Crippen LogP contribution >= 0.6 is 0 Å².